The highest BCUT2D eigenvalue weighted by Crippen LogP contribution is 2.36. The maximum Gasteiger partial charge on any atom is 0.164 e. The van der Waals surface area contributed by atoms with Gasteiger partial charge in [0.15, 0.2) is 17.5 Å². The van der Waals surface area contributed by atoms with Crippen molar-refractivity contribution in [2.45, 2.75) is 0 Å². The van der Waals surface area contributed by atoms with Crippen molar-refractivity contribution in [1.29, 1.82) is 0 Å². The van der Waals surface area contributed by atoms with Crippen molar-refractivity contribution in [2.75, 3.05) is 0 Å². The number of hydrogen-bond donors (Lipinski definition) is 0. The van der Waals surface area contributed by atoms with Crippen LogP contribution < -0.4 is 0 Å². The molecule has 10 aromatic rings. The third-order valence-electron chi connectivity index (χ3n) is 8.55. The Morgan fingerprint density at radius 3 is 0.911 bits per heavy atom. The molecule has 0 bridgehead atoms. The molecule has 6 heteroatoms. The molecule has 0 aliphatic heterocycles. The highest BCUT2D eigenvalue weighted by atomic mass is 16.3. The summed E-state index contributed by atoms with van der Waals surface area (Å²) >= 11 is 0. The zero-order chi connectivity index (χ0) is 29.5. The second-order valence-electron chi connectivity index (χ2n) is 11.2. The zero-order valence-electron chi connectivity index (χ0n) is 23.7. The highest BCUT2D eigenvalue weighted by molar-refractivity contribution is 6.07. The van der Waals surface area contributed by atoms with Gasteiger partial charge >= 0.3 is 0 Å². The summed E-state index contributed by atoms with van der Waals surface area (Å²) in [4.78, 5) is 15.0. The number of para-hydroxylation sites is 3. The van der Waals surface area contributed by atoms with Crippen molar-refractivity contribution in [2.24, 2.45) is 0 Å². The first-order chi connectivity index (χ1) is 22.2. The van der Waals surface area contributed by atoms with Gasteiger partial charge in [-0.2, -0.15) is 0 Å². The number of hydrogen-bond acceptors (Lipinski definition) is 6. The van der Waals surface area contributed by atoms with E-state index in [0.29, 0.717) is 17.5 Å². The van der Waals surface area contributed by atoms with Crippen LogP contribution in [0.2, 0.25) is 0 Å². The summed E-state index contributed by atoms with van der Waals surface area (Å²) in [6.45, 7) is 0. The fourth-order valence-corrected chi connectivity index (χ4v) is 6.36. The van der Waals surface area contributed by atoms with E-state index in [0.717, 1.165) is 82.5 Å². The third-order valence-corrected chi connectivity index (χ3v) is 8.55. The van der Waals surface area contributed by atoms with Gasteiger partial charge in [0, 0.05) is 49.0 Å². The van der Waals surface area contributed by atoms with Gasteiger partial charge in [-0.1, -0.05) is 72.8 Å². The minimum absolute atomic E-state index is 0.548. The zero-order valence-corrected chi connectivity index (χ0v) is 23.7. The Labute approximate surface area is 255 Å². The second-order valence-corrected chi connectivity index (χ2v) is 11.2. The van der Waals surface area contributed by atoms with Crippen LogP contribution in [0, 0.1) is 0 Å². The molecule has 0 aliphatic carbocycles. The maximum atomic E-state index is 6.20. The molecule has 0 radical (unpaired) electrons. The van der Waals surface area contributed by atoms with Gasteiger partial charge in [-0.25, -0.2) is 15.0 Å². The largest absolute Gasteiger partial charge is 0.456 e. The lowest BCUT2D eigenvalue weighted by atomic mass is 10.1. The second kappa shape index (κ2) is 9.11. The van der Waals surface area contributed by atoms with Crippen molar-refractivity contribution in [3.63, 3.8) is 0 Å². The van der Waals surface area contributed by atoms with Crippen LogP contribution in [-0.2, 0) is 0 Å². The smallest absolute Gasteiger partial charge is 0.164 e. The van der Waals surface area contributed by atoms with E-state index in [1.165, 1.54) is 0 Å². The number of fused-ring (bicyclic) bond motifs is 9. The van der Waals surface area contributed by atoms with Crippen molar-refractivity contribution in [1.82, 2.24) is 15.0 Å². The molecule has 0 N–H and O–H groups in total. The quantitative estimate of drug-likeness (QED) is 0.207. The first kappa shape index (κ1) is 24.2. The lowest BCUT2D eigenvalue weighted by Crippen LogP contribution is -2.00. The molecular weight excluding hydrogens is 558 g/mol. The fourth-order valence-electron chi connectivity index (χ4n) is 6.36. The Morgan fingerprint density at radius 1 is 0.289 bits per heavy atom. The number of aromatic nitrogens is 3. The van der Waals surface area contributed by atoms with Crippen LogP contribution in [0.5, 0.6) is 0 Å². The lowest BCUT2D eigenvalue weighted by Gasteiger charge is -2.08. The van der Waals surface area contributed by atoms with E-state index in [4.69, 9.17) is 28.2 Å². The van der Waals surface area contributed by atoms with E-state index in [2.05, 4.69) is 36.4 Å². The number of furan rings is 3. The van der Waals surface area contributed by atoms with E-state index in [-0.39, 0.29) is 0 Å². The van der Waals surface area contributed by atoms with Gasteiger partial charge in [0.2, 0.25) is 0 Å². The van der Waals surface area contributed by atoms with Crippen molar-refractivity contribution in [3.05, 3.63) is 127 Å². The average Bonchev–Trinajstić information content (AvgIpc) is 3.78. The standard InChI is InChI=1S/C39H21N3O3/c1-4-10-31-25(7-1)28-16-13-22(19-34(28)43-31)37-40-38(23-14-17-29-26-8-2-5-11-32(26)44-35(29)20-23)42-39(41-37)24-15-18-30-27-9-3-6-12-33(27)45-36(30)21-24/h1-21H. The number of benzene rings is 6. The minimum atomic E-state index is 0.548. The number of nitrogens with zero attached hydrogens (tertiary/aromatic N) is 3. The number of rotatable bonds is 3. The first-order valence-corrected chi connectivity index (χ1v) is 14.8. The molecule has 0 atom stereocenters. The molecule has 0 spiro atoms. The average molecular weight is 580 g/mol. The molecule has 0 saturated heterocycles. The van der Waals surface area contributed by atoms with Gasteiger partial charge in [0.25, 0.3) is 0 Å². The predicted molar refractivity (Wildman–Crippen MR) is 178 cm³/mol. The molecule has 0 fully saturated rings. The van der Waals surface area contributed by atoms with Gasteiger partial charge in [0.1, 0.15) is 33.5 Å². The molecule has 6 nitrogen and oxygen atoms in total. The molecule has 10 rings (SSSR count). The van der Waals surface area contributed by atoms with Crippen LogP contribution >= 0.6 is 0 Å². The van der Waals surface area contributed by atoms with Crippen LogP contribution in [0.15, 0.2) is 141 Å². The molecular formula is C39H21N3O3. The third kappa shape index (κ3) is 3.72. The van der Waals surface area contributed by atoms with Gasteiger partial charge in [-0.3, -0.25) is 0 Å². The predicted octanol–water partition coefficient (Wildman–Crippen LogP) is 10.6. The van der Waals surface area contributed by atoms with E-state index in [1.807, 2.05) is 91.0 Å². The van der Waals surface area contributed by atoms with Crippen molar-refractivity contribution < 1.29 is 13.3 Å². The summed E-state index contributed by atoms with van der Waals surface area (Å²) in [5.41, 5.74) is 7.39. The van der Waals surface area contributed by atoms with Gasteiger partial charge < -0.3 is 13.3 Å². The molecule has 0 unspecified atom stereocenters. The van der Waals surface area contributed by atoms with E-state index < -0.39 is 0 Å². The van der Waals surface area contributed by atoms with E-state index in [9.17, 15) is 0 Å². The fraction of sp³-hybridized carbons (Fsp3) is 0. The van der Waals surface area contributed by atoms with Gasteiger partial charge in [0.05, 0.1) is 0 Å². The summed E-state index contributed by atoms with van der Waals surface area (Å²) < 4.78 is 18.6. The Bertz CT molecular complexity index is 2470. The van der Waals surface area contributed by atoms with Crippen molar-refractivity contribution in [3.8, 4) is 34.2 Å². The highest BCUT2D eigenvalue weighted by Gasteiger charge is 2.17. The summed E-state index contributed by atoms with van der Waals surface area (Å²) in [5.74, 6) is 1.64. The molecule has 45 heavy (non-hydrogen) atoms. The van der Waals surface area contributed by atoms with Crippen molar-refractivity contribution >= 4 is 65.8 Å². The topological polar surface area (TPSA) is 78.1 Å². The maximum absolute atomic E-state index is 6.20. The summed E-state index contributed by atoms with van der Waals surface area (Å²) in [6, 6.07) is 42.5. The minimum Gasteiger partial charge on any atom is -0.456 e. The first-order valence-electron chi connectivity index (χ1n) is 14.8. The SMILES string of the molecule is c1ccc2c(c1)oc1cc(-c3nc(-c4ccc5c(c4)oc4ccccc45)nc(-c4ccc5c(c4)oc4ccccc45)n3)ccc12. The Balaban J connectivity index is 1.18. The molecule has 0 amide bonds. The Kier molecular flexibility index (Phi) is 4.90. The lowest BCUT2D eigenvalue weighted by molar-refractivity contribution is 0.668. The Morgan fingerprint density at radius 2 is 0.578 bits per heavy atom. The molecule has 210 valence electrons. The van der Waals surface area contributed by atoms with E-state index in [1.54, 1.807) is 0 Å². The molecule has 0 saturated carbocycles. The van der Waals surface area contributed by atoms with Crippen LogP contribution in [0.4, 0.5) is 0 Å². The van der Waals surface area contributed by atoms with Gasteiger partial charge in [-0.15, -0.1) is 0 Å². The van der Waals surface area contributed by atoms with E-state index >= 15 is 0 Å². The van der Waals surface area contributed by atoms with Crippen LogP contribution in [0.25, 0.3) is 100.0 Å². The monoisotopic (exact) mass is 579 g/mol. The molecule has 4 aromatic heterocycles. The van der Waals surface area contributed by atoms with Gasteiger partial charge in [-0.05, 0) is 54.6 Å². The van der Waals surface area contributed by atoms with Crippen LogP contribution in [0.1, 0.15) is 0 Å². The van der Waals surface area contributed by atoms with Crippen LogP contribution in [-0.4, -0.2) is 15.0 Å². The molecule has 6 aromatic carbocycles. The summed E-state index contributed by atoms with van der Waals surface area (Å²) in [6.07, 6.45) is 0. The normalized spacial score (nSPS) is 12.0. The molecule has 4 heterocycles. The summed E-state index contributed by atoms with van der Waals surface area (Å²) in [5, 5.41) is 6.39. The Hall–Kier alpha value is -6.27. The van der Waals surface area contributed by atoms with Crippen LogP contribution in [0.3, 0.4) is 0 Å². The molecule has 0 aliphatic rings. The summed E-state index contributed by atoms with van der Waals surface area (Å²) in [7, 11) is 0.